The molecule has 1 amide bonds. The Morgan fingerprint density at radius 1 is 0.903 bits per heavy atom. The van der Waals surface area contributed by atoms with Crippen LogP contribution >= 0.6 is 0 Å². The van der Waals surface area contributed by atoms with Gasteiger partial charge in [0.2, 0.25) is 0 Å². The van der Waals surface area contributed by atoms with E-state index in [1.54, 1.807) is 24.3 Å². The molecule has 0 aliphatic carbocycles. The largest absolute Gasteiger partial charge is 0.478 e. The van der Waals surface area contributed by atoms with Gasteiger partial charge in [0, 0.05) is 24.3 Å². The summed E-state index contributed by atoms with van der Waals surface area (Å²) in [6, 6.07) is 18.3. The van der Waals surface area contributed by atoms with Gasteiger partial charge in [0.15, 0.2) is 0 Å². The van der Waals surface area contributed by atoms with Gasteiger partial charge in [-0.25, -0.2) is 10.2 Å². The van der Waals surface area contributed by atoms with Gasteiger partial charge in [0.25, 0.3) is 5.91 Å². The quantitative estimate of drug-likeness (QED) is 0.483. The number of hydrazone groups is 1. The third-order valence-corrected chi connectivity index (χ3v) is 5.57. The van der Waals surface area contributed by atoms with Crippen molar-refractivity contribution in [3.05, 3.63) is 99.6 Å². The van der Waals surface area contributed by atoms with E-state index in [1.807, 2.05) is 12.1 Å². The van der Waals surface area contributed by atoms with Gasteiger partial charge in [-0.2, -0.15) is 5.10 Å². The number of hydrogen-bond acceptors (Lipinski definition) is 4. The maximum Gasteiger partial charge on any atom is 0.335 e. The van der Waals surface area contributed by atoms with Crippen LogP contribution in [0, 0.1) is 13.8 Å². The first-order valence-electron chi connectivity index (χ1n) is 10.0. The van der Waals surface area contributed by atoms with Gasteiger partial charge in [-0.3, -0.25) is 4.79 Å². The van der Waals surface area contributed by atoms with Crippen LogP contribution in [0.3, 0.4) is 0 Å². The van der Waals surface area contributed by atoms with Crippen LogP contribution in [0.15, 0.2) is 65.8 Å². The van der Waals surface area contributed by atoms with E-state index < -0.39 is 5.97 Å². The number of carbonyl (C=O) groups is 2. The molecule has 0 fully saturated rings. The molecule has 6 heteroatoms. The van der Waals surface area contributed by atoms with Crippen LogP contribution in [0.5, 0.6) is 0 Å². The molecule has 0 bridgehead atoms. The molecule has 3 aromatic carbocycles. The number of nitrogens with one attached hydrogen (secondary N) is 1. The van der Waals surface area contributed by atoms with Crippen LogP contribution in [-0.4, -0.2) is 23.2 Å². The van der Waals surface area contributed by atoms with Crippen LogP contribution in [-0.2, 0) is 13.1 Å². The molecule has 0 saturated heterocycles. The fourth-order valence-corrected chi connectivity index (χ4v) is 3.65. The van der Waals surface area contributed by atoms with E-state index in [0.29, 0.717) is 11.1 Å². The van der Waals surface area contributed by atoms with Crippen molar-refractivity contribution in [2.45, 2.75) is 26.9 Å². The summed E-state index contributed by atoms with van der Waals surface area (Å²) in [4.78, 5) is 25.5. The van der Waals surface area contributed by atoms with Crippen molar-refractivity contribution >= 4 is 23.8 Å². The lowest BCUT2D eigenvalue weighted by Crippen LogP contribution is -2.18. The zero-order chi connectivity index (χ0) is 22.0. The maximum atomic E-state index is 12.3. The number of carbonyl (C=O) groups excluding carboxylic acids is 1. The van der Waals surface area contributed by atoms with Crippen LogP contribution in [0.4, 0.5) is 5.69 Å². The summed E-state index contributed by atoms with van der Waals surface area (Å²) in [6.07, 6.45) is 1.48. The monoisotopic (exact) mass is 413 g/mol. The van der Waals surface area contributed by atoms with E-state index in [0.717, 1.165) is 18.8 Å². The highest BCUT2D eigenvalue weighted by Gasteiger charge is 2.20. The predicted octanol–water partition coefficient (Wildman–Crippen LogP) is 4.29. The number of nitrogens with zero attached hydrogens (tertiary/aromatic N) is 2. The van der Waals surface area contributed by atoms with E-state index in [-0.39, 0.29) is 11.5 Å². The minimum atomic E-state index is -0.983. The molecular formula is C25H23N3O3. The molecule has 4 rings (SSSR count). The van der Waals surface area contributed by atoms with Crippen molar-refractivity contribution in [1.29, 1.82) is 0 Å². The number of aromatic carboxylic acids is 1. The van der Waals surface area contributed by atoms with Crippen molar-refractivity contribution in [3.63, 3.8) is 0 Å². The summed E-state index contributed by atoms with van der Waals surface area (Å²) < 4.78 is 0. The molecule has 1 aliphatic rings. The third kappa shape index (κ3) is 4.48. The summed E-state index contributed by atoms with van der Waals surface area (Å²) in [5.74, 6) is -1.29. The van der Waals surface area contributed by atoms with Crippen LogP contribution in [0.25, 0.3) is 0 Å². The summed E-state index contributed by atoms with van der Waals surface area (Å²) in [6.45, 7) is 6.01. The number of hydrogen-bond donors (Lipinski definition) is 2. The molecule has 2 N–H and O–H groups in total. The molecule has 3 aromatic rings. The Morgan fingerprint density at radius 3 is 2.00 bits per heavy atom. The minimum absolute atomic E-state index is 0.202. The molecule has 0 aromatic heterocycles. The van der Waals surface area contributed by atoms with E-state index in [2.05, 4.69) is 41.4 Å². The summed E-state index contributed by atoms with van der Waals surface area (Å²) >= 11 is 0. The third-order valence-electron chi connectivity index (χ3n) is 5.57. The summed E-state index contributed by atoms with van der Waals surface area (Å²) in [7, 11) is 0. The van der Waals surface area contributed by atoms with Crippen molar-refractivity contribution in [3.8, 4) is 0 Å². The van der Waals surface area contributed by atoms with Crippen molar-refractivity contribution in [1.82, 2.24) is 5.43 Å². The lowest BCUT2D eigenvalue weighted by molar-refractivity contribution is 0.0696. The average molecular weight is 413 g/mol. The van der Waals surface area contributed by atoms with Crippen LogP contribution in [0.2, 0.25) is 0 Å². The van der Waals surface area contributed by atoms with E-state index >= 15 is 0 Å². The standard InChI is InChI=1S/C25H23N3O3/c1-16-11-21-14-28(15-22(21)12-17(16)2)23-9-7-19(8-10-23)24(29)27-26-13-18-3-5-20(6-4-18)25(30)31/h3-13H,14-15H2,1-2H3,(H,27,29)(H,30,31). The Hall–Kier alpha value is -3.93. The Kier molecular flexibility index (Phi) is 5.54. The van der Waals surface area contributed by atoms with Gasteiger partial charge in [-0.15, -0.1) is 0 Å². The Bertz CT molecular complexity index is 1130. The predicted molar refractivity (Wildman–Crippen MR) is 121 cm³/mol. The molecular weight excluding hydrogens is 390 g/mol. The highest BCUT2D eigenvalue weighted by atomic mass is 16.4. The number of carboxylic acid groups (broad SMARTS) is 1. The smallest absolute Gasteiger partial charge is 0.335 e. The van der Waals surface area contributed by atoms with Gasteiger partial charge < -0.3 is 10.0 Å². The number of aryl methyl sites for hydroxylation is 2. The van der Waals surface area contributed by atoms with Gasteiger partial charge in [0.1, 0.15) is 0 Å². The molecule has 31 heavy (non-hydrogen) atoms. The summed E-state index contributed by atoms with van der Waals surface area (Å²) in [5, 5.41) is 12.9. The van der Waals surface area contributed by atoms with Crippen LogP contribution < -0.4 is 10.3 Å². The number of rotatable bonds is 5. The molecule has 6 nitrogen and oxygen atoms in total. The second-order valence-electron chi connectivity index (χ2n) is 7.73. The van der Waals surface area contributed by atoms with Gasteiger partial charge in [-0.1, -0.05) is 24.3 Å². The van der Waals surface area contributed by atoms with Crippen molar-refractivity contribution in [2.24, 2.45) is 5.10 Å². The fourth-order valence-electron chi connectivity index (χ4n) is 3.65. The summed E-state index contributed by atoms with van der Waals surface area (Å²) in [5.41, 5.74) is 10.3. The SMILES string of the molecule is Cc1cc2c(cc1C)CN(c1ccc(C(=O)NN=Cc3ccc(C(=O)O)cc3)cc1)C2. The Balaban J connectivity index is 1.37. The zero-order valence-electron chi connectivity index (χ0n) is 17.4. The molecule has 0 saturated carbocycles. The second kappa shape index (κ2) is 8.44. The first kappa shape index (κ1) is 20.3. The Morgan fingerprint density at radius 2 is 1.45 bits per heavy atom. The maximum absolute atomic E-state index is 12.3. The van der Waals surface area contributed by atoms with E-state index in [9.17, 15) is 9.59 Å². The molecule has 1 heterocycles. The first-order chi connectivity index (χ1) is 14.9. The molecule has 0 spiro atoms. The fraction of sp³-hybridized carbons (Fsp3) is 0.160. The number of benzene rings is 3. The van der Waals surface area contributed by atoms with Crippen molar-refractivity contribution in [2.75, 3.05) is 4.90 Å². The molecule has 0 atom stereocenters. The average Bonchev–Trinajstić information content (AvgIpc) is 3.17. The number of fused-ring (bicyclic) bond motifs is 1. The number of carboxylic acids is 1. The number of amides is 1. The topological polar surface area (TPSA) is 82.0 Å². The molecule has 0 unspecified atom stereocenters. The first-order valence-corrected chi connectivity index (χ1v) is 10.0. The zero-order valence-corrected chi connectivity index (χ0v) is 17.4. The van der Waals surface area contributed by atoms with Crippen LogP contribution in [0.1, 0.15) is 48.5 Å². The van der Waals surface area contributed by atoms with Gasteiger partial charge >= 0.3 is 5.97 Å². The Labute approximate surface area is 180 Å². The normalized spacial score (nSPS) is 12.8. The van der Waals surface area contributed by atoms with E-state index in [4.69, 9.17) is 5.11 Å². The lowest BCUT2D eigenvalue weighted by atomic mass is 10.0. The minimum Gasteiger partial charge on any atom is -0.478 e. The molecule has 0 radical (unpaired) electrons. The second-order valence-corrected chi connectivity index (χ2v) is 7.73. The van der Waals surface area contributed by atoms with Gasteiger partial charge in [-0.05, 0) is 78.1 Å². The molecule has 1 aliphatic heterocycles. The highest BCUT2D eigenvalue weighted by molar-refractivity contribution is 5.95. The number of anilines is 1. The van der Waals surface area contributed by atoms with Crippen molar-refractivity contribution < 1.29 is 14.7 Å². The lowest BCUT2D eigenvalue weighted by Gasteiger charge is -2.17. The molecule has 156 valence electrons. The van der Waals surface area contributed by atoms with E-state index in [1.165, 1.54) is 40.6 Å². The van der Waals surface area contributed by atoms with Gasteiger partial charge in [0.05, 0.1) is 11.8 Å². The highest BCUT2D eigenvalue weighted by Crippen LogP contribution is 2.30.